The van der Waals surface area contributed by atoms with Gasteiger partial charge in [0, 0.05) is 13.1 Å². The number of hydrogen-bond donors (Lipinski definition) is 0. The highest BCUT2D eigenvalue weighted by Crippen LogP contribution is 2.21. The maximum absolute atomic E-state index is 13.8. The molecule has 25 heavy (non-hydrogen) atoms. The summed E-state index contributed by atoms with van der Waals surface area (Å²) in [6.07, 6.45) is 2.39. The van der Waals surface area contributed by atoms with Gasteiger partial charge in [-0.05, 0) is 49.6 Å². The van der Waals surface area contributed by atoms with Gasteiger partial charge in [0.2, 0.25) is 0 Å². The fourth-order valence-corrected chi connectivity index (χ4v) is 3.26. The molecule has 0 spiro atoms. The standard InChI is InChI=1S/C21H26FNO2/c1-16-5-7-17(8-6-16)13-23-11-3-4-19(14-23)25-15-18-9-10-21(24-2)20(22)12-18/h5-10,12,19H,3-4,11,13-15H2,1-2H3/t19-/m0/s1. The van der Waals surface area contributed by atoms with Crippen LogP contribution in [0.1, 0.15) is 29.5 Å². The van der Waals surface area contributed by atoms with Crippen LogP contribution in [0, 0.1) is 12.7 Å². The van der Waals surface area contributed by atoms with Gasteiger partial charge in [-0.3, -0.25) is 4.90 Å². The highest BCUT2D eigenvalue weighted by Gasteiger charge is 2.20. The molecule has 3 rings (SSSR count). The topological polar surface area (TPSA) is 21.7 Å². The minimum atomic E-state index is -0.340. The zero-order chi connectivity index (χ0) is 17.6. The van der Waals surface area contributed by atoms with Crippen molar-refractivity contribution in [2.45, 2.75) is 39.0 Å². The summed E-state index contributed by atoms with van der Waals surface area (Å²) in [4.78, 5) is 2.44. The van der Waals surface area contributed by atoms with Crippen LogP contribution in [0.5, 0.6) is 5.75 Å². The van der Waals surface area contributed by atoms with Gasteiger partial charge in [-0.15, -0.1) is 0 Å². The number of aryl methyl sites for hydroxylation is 1. The summed E-state index contributed by atoms with van der Waals surface area (Å²) in [5.74, 6) is -0.0704. The summed E-state index contributed by atoms with van der Waals surface area (Å²) in [6, 6.07) is 13.7. The van der Waals surface area contributed by atoms with Crippen LogP contribution in [-0.2, 0) is 17.9 Å². The Hall–Kier alpha value is -1.91. The van der Waals surface area contributed by atoms with E-state index in [0.717, 1.165) is 38.0 Å². The molecule has 1 fully saturated rings. The smallest absolute Gasteiger partial charge is 0.165 e. The van der Waals surface area contributed by atoms with Crippen LogP contribution in [-0.4, -0.2) is 31.2 Å². The van der Waals surface area contributed by atoms with E-state index >= 15 is 0 Å². The van der Waals surface area contributed by atoms with Gasteiger partial charge >= 0.3 is 0 Å². The first-order chi connectivity index (χ1) is 12.1. The molecule has 0 bridgehead atoms. The van der Waals surface area contributed by atoms with Gasteiger partial charge in [-0.1, -0.05) is 35.9 Å². The van der Waals surface area contributed by atoms with Crippen LogP contribution in [0.3, 0.4) is 0 Å². The molecule has 0 amide bonds. The molecule has 0 radical (unpaired) electrons. The third-order valence-electron chi connectivity index (χ3n) is 4.69. The average Bonchev–Trinajstić information content (AvgIpc) is 2.62. The predicted molar refractivity (Wildman–Crippen MR) is 97.2 cm³/mol. The van der Waals surface area contributed by atoms with E-state index in [-0.39, 0.29) is 17.7 Å². The fraction of sp³-hybridized carbons (Fsp3) is 0.429. The quantitative estimate of drug-likeness (QED) is 0.779. The summed E-state index contributed by atoms with van der Waals surface area (Å²) in [7, 11) is 1.47. The molecule has 0 saturated carbocycles. The molecular weight excluding hydrogens is 317 g/mol. The molecule has 2 aromatic rings. The number of hydrogen-bond acceptors (Lipinski definition) is 3. The Balaban J connectivity index is 1.51. The van der Waals surface area contributed by atoms with E-state index in [1.165, 1.54) is 24.3 Å². The Kier molecular flexibility index (Phi) is 6.05. The van der Waals surface area contributed by atoms with Crippen LogP contribution in [0.2, 0.25) is 0 Å². The number of piperidine rings is 1. The molecule has 3 nitrogen and oxygen atoms in total. The SMILES string of the molecule is COc1ccc(CO[C@H]2CCCN(Cc3ccc(C)cc3)C2)cc1F. The van der Waals surface area contributed by atoms with E-state index in [0.29, 0.717) is 6.61 Å². The highest BCUT2D eigenvalue weighted by atomic mass is 19.1. The van der Waals surface area contributed by atoms with Crippen molar-refractivity contribution in [1.82, 2.24) is 4.90 Å². The Labute approximate surface area is 149 Å². The molecule has 1 aliphatic heterocycles. The van der Waals surface area contributed by atoms with Crippen molar-refractivity contribution in [1.29, 1.82) is 0 Å². The minimum Gasteiger partial charge on any atom is -0.494 e. The second-order valence-corrected chi connectivity index (χ2v) is 6.76. The van der Waals surface area contributed by atoms with Crippen molar-refractivity contribution < 1.29 is 13.9 Å². The zero-order valence-electron chi connectivity index (χ0n) is 15.0. The van der Waals surface area contributed by atoms with E-state index in [1.807, 2.05) is 6.07 Å². The molecule has 1 saturated heterocycles. The number of nitrogens with zero attached hydrogens (tertiary/aromatic N) is 1. The second-order valence-electron chi connectivity index (χ2n) is 6.76. The lowest BCUT2D eigenvalue weighted by Gasteiger charge is -2.32. The number of benzene rings is 2. The number of halogens is 1. The summed E-state index contributed by atoms with van der Waals surface area (Å²) in [5, 5.41) is 0. The normalized spacial score (nSPS) is 18.3. The molecule has 0 unspecified atom stereocenters. The first-order valence-electron chi connectivity index (χ1n) is 8.86. The largest absolute Gasteiger partial charge is 0.494 e. The van der Waals surface area contributed by atoms with Crippen molar-refractivity contribution >= 4 is 0 Å². The van der Waals surface area contributed by atoms with E-state index in [4.69, 9.17) is 9.47 Å². The van der Waals surface area contributed by atoms with Crippen LogP contribution in [0.25, 0.3) is 0 Å². The summed E-state index contributed by atoms with van der Waals surface area (Å²) >= 11 is 0. The fourth-order valence-electron chi connectivity index (χ4n) is 3.26. The Morgan fingerprint density at radius 3 is 2.60 bits per heavy atom. The maximum atomic E-state index is 13.8. The molecule has 0 N–H and O–H groups in total. The Bertz CT molecular complexity index is 687. The molecule has 0 aromatic heterocycles. The number of ether oxygens (including phenoxy) is 2. The highest BCUT2D eigenvalue weighted by molar-refractivity contribution is 5.28. The van der Waals surface area contributed by atoms with Crippen molar-refractivity contribution in [3.8, 4) is 5.75 Å². The van der Waals surface area contributed by atoms with Gasteiger partial charge < -0.3 is 9.47 Å². The van der Waals surface area contributed by atoms with Gasteiger partial charge in [0.25, 0.3) is 0 Å². The molecule has 1 heterocycles. The lowest BCUT2D eigenvalue weighted by Crippen LogP contribution is -2.39. The van der Waals surface area contributed by atoms with Crippen LogP contribution >= 0.6 is 0 Å². The molecule has 1 aliphatic rings. The van der Waals surface area contributed by atoms with Gasteiger partial charge in [0.05, 0.1) is 19.8 Å². The van der Waals surface area contributed by atoms with Gasteiger partial charge in [-0.2, -0.15) is 0 Å². The summed E-state index contributed by atoms with van der Waals surface area (Å²) in [5.41, 5.74) is 3.47. The van der Waals surface area contributed by atoms with Crippen LogP contribution in [0.15, 0.2) is 42.5 Å². The van der Waals surface area contributed by atoms with E-state index in [1.54, 1.807) is 6.07 Å². The van der Waals surface area contributed by atoms with Gasteiger partial charge in [0.15, 0.2) is 11.6 Å². The molecule has 1 atom stereocenters. The number of methoxy groups -OCH3 is 1. The Morgan fingerprint density at radius 1 is 1.12 bits per heavy atom. The molecule has 4 heteroatoms. The minimum absolute atomic E-state index is 0.198. The lowest BCUT2D eigenvalue weighted by molar-refractivity contribution is -0.0121. The zero-order valence-corrected chi connectivity index (χ0v) is 15.0. The first kappa shape index (κ1) is 17.9. The van der Waals surface area contributed by atoms with Gasteiger partial charge in [0.1, 0.15) is 0 Å². The summed E-state index contributed by atoms with van der Waals surface area (Å²) in [6.45, 7) is 5.52. The molecular formula is C21H26FNO2. The molecule has 0 aliphatic carbocycles. The van der Waals surface area contributed by atoms with Crippen molar-refractivity contribution in [2.24, 2.45) is 0 Å². The monoisotopic (exact) mass is 343 g/mol. The third kappa shape index (κ3) is 5.03. The molecule has 2 aromatic carbocycles. The number of rotatable bonds is 6. The van der Waals surface area contributed by atoms with Crippen molar-refractivity contribution in [3.05, 3.63) is 65.0 Å². The van der Waals surface area contributed by atoms with Crippen LogP contribution < -0.4 is 4.74 Å². The third-order valence-corrected chi connectivity index (χ3v) is 4.69. The second kappa shape index (κ2) is 8.45. The lowest BCUT2D eigenvalue weighted by atomic mass is 10.1. The van der Waals surface area contributed by atoms with E-state index < -0.39 is 0 Å². The average molecular weight is 343 g/mol. The predicted octanol–water partition coefficient (Wildman–Crippen LogP) is 4.32. The van der Waals surface area contributed by atoms with Crippen LogP contribution in [0.4, 0.5) is 4.39 Å². The van der Waals surface area contributed by atoms with E-state index in [9.17, 15) is 4.39 Å². The van der Waals surface area contributed by atoms with Gasteiger partial charge in [-0.25, -0.2) is 4.39 Å². The maximum Gasteiger partial charge on any atom is 0.165 e. The van der Waals surface area contributed by atoms with Crippen molar-refractivity contribution in [3.63, 3.8) is 0 Å². The number of likely N-dealkylation sites (tertiary alicyclic amines) is 1. The van der Waals surface area contributed by atoms with Crippen molar-refractivity contribution in [2.75, 3.05) is 20.2 Å². The first-order valence-corrected chi connectivity index (χ1v) is 8.86. The summed E-state index contributed by atoms with van der Waals surface area (Å²) < 4.78 is 24.7. The van der Waals surface area contributed by atoms with E-state index in [2.05, 4.69) is 36.1 Å². The molecule has 134 valence electrons. The Morgan fingerprint density at radius 2 is 1.88 bits per heavy atom.